The third-order valence-corrected chi connectivity index (χ3v) is 14.0. The van der Waals surface area contributed by atoms with Crippen molar-refractivity contribution in [3.05, 3.63) is 54.1 Å². The van der Waals surface area contributed by atoms with Crippen LogP contribution in [-0.4, -0.2) is 213 Å². The van der Waals surface area contributed by atoms with Gasteiger partial charge in [0.25, 0.3) is 0 Å². The second-order valence-electron chi connectivity index (χ2n) is 20.3. The number of nitrogens with two attached hydrogens (primary N) is 2. The number of likely N-dealkylation sites (tertiary alicyclic amines) is 1. The van der Waals surface area contributed by atoms with Crippen LogP contribution in [0.1, 0.15) is 70.6 Å². The Morgan fingerprint density at radius 3 is 1.89 bits per heavy atom. The first-order valence-electron chi connectivity index (χ1n) is 27.4. The predicted octanol–water partition coefficient (Wildman–Crippen LogP) is -5.66. The summed E-state index contributed by atoms with van der Waals surface area (Å²) in [6.07, 6.45) is 5.49. The molecule has 85 heavy (non-hydrogen) atoms. The number of thiol groups is 1. The van der Waals surface area contributed by atoms with Crippen LogP contribution in [0.5, 0.6) is 0 Å². The number of thioether (sulfide) groups is 1. The highest BCUT2D eigenvalue weighted by Gasteiger charge is 2.39. The van der Waals surface area contributed by atoms with Crippen LogP contribution in [0, 0.1) is 11.3 Å². The average Bonchev–Trinajstić information content (AvgIpc) is 4.20. The van der Waals surface area contributed by atoms with Crippen molar-refractivity contribution in [2.45, 2.75) is 127 Å². The topological polar surface area (TPSA) is 485 Å². The number of hydrogen-bond donors (Lipinski definition) is 18. The summed E-state index contributed by atoms with van der Waals surface area (Å²) in [5, 5.41) is 53.5. The summed E-state index contributed by atoms with van der Waals surface area (Å²) in [6.45, 7) is 2.54. The van der Waals surface area contributed by atoms with Crippen molar-refractivity contribution in [3.8, 4) is 0 Å². The molecule has 3 rings (SSSR count). The number of guanidine groups is 1. The van der Waals surface area contributed by atoms with Gasteiger partial charge in [-0.15, -0.1) is 0 Å². The zero-order chi connectivity index (χ0) is 63.2. The number of H-pyrrole nitrogens is 1. The van der Waals surface area contributed by atoms with E-state index in [4.69, 9.17) is 22.0 Å². The summed E-state index contributed by atoms with van der Waals surface area (Å²) in [5.41, 5.74) is 12.5. The molecule has 0 unspecified atom stereocenters. The van der Waals surface area contributed by atoms with Gasteiger partial charge in [-0.2, -0.15) is 24.4 Å². The van der Waals surface area contributed by atoms with Crippen molar-refractivity contribution in [2.75, 3.05) is 57.1 Å². The van der Waals surface area contributed by atoms with Crippen LogP contribution in [0.4, 0.5) is 0 Å². The largest absolute Gasteiger partial charge is 0.480 e. The maximum atomic E-state index is 14.5. The molecular weight excluding hydrogens is 1150 g/mol. The Balaban J connectivity index is 1.74. The van der Waals surface area contributed by atoms with Crippen molar-refractivity contribution >= 4 is 101 Å². The van der Waals surface area contributed by atoms with Gasteiger partial charge in [-0.05, 0) is 68.9 Å². The van der Waals surface area contributed by atoms with E-state index in [-0.39, 0.29) is 69.2 Å². The summed E-state index contributed by atoms with van der Waals surface area (Å²) in [6, 6.07) is -2.65. The Hall–Kier alpha value is -8.04. The maximum absolute atomic E-state index is 14.5. The second kappa shape index (κ2) is 37.3. The van der Waals surface area contributed by atoms with Crippen molar-refractivity contribution in [2.24, 2.45) is 17.4 Å². The molecule has 2 heterocycles. The summed E-state index contributed by atoms with van der Waals surface area (Å²) >= 11 is 5.20. The number of aromatic amines is 1. The van der Waals surface area contributed by atoms with Gasteiger partial charge in [-0.25, -0.2) is 9.78 Å². The first-order valence-corrected chi connectivity index (χ1v) is 29.4. The van der Waals surface area contributed by atoms with Gasteiger partial charge in [-0.1, -0.05) is 44.2 Å². The Morgan fingerprint density at radius 2 is 1.31 bits per heavy atom. The lowest BCUT2D eigenvalue weighted by Gasteiger charge is -2.30. The van der Waals surface area contributed by atoms with Crippen LogP contribution in [0.2, 0.25) is 0 Å². The molecule has 1 fully saturated rings. The molecule has 0 saturated carbocycles. The van der Waals surface area contributed by atoms with E-state index in [0.717, 1.165) is 0 Å². The number of benzene rings is 1. The summed E-state index contributed by atoms with van der Waals surface area (Å²) in [5.74, 6) is -10.3. The van der Waals surface area contributed by atoms with E-state index in [1.165, 1.54) is 36.1 Å². The van der Waals surface area contributed by atoms with Gasteiger partial charge in [0.15, 0.2) is 5.96 Å². The lowest BCUT2D eigenvalue weighted by Crippen LogP contribution is -2.60. The van der Waals surface area contributed by atoms with Gasteiger partial charge in [0.05, 0.1) is 44.3 Å². The van der Waals surface area contributed by atoms with E-state index in [9.17, 15) is 62.6 Å². The van der Waals surface area contributed by atoms with E-state index >= 15 is 0 Å². The molecule has 9 atom stereocenters. The molecule has 0 aliphatic carbocycles. The molecule has 0 bridgehead atoms. The fourth-order valence-electron chi connectivity index (χ4n) is 8.45. The monoisotopic (exact) mass is 1230 g/mol. The first kappa shape index (κ1) is 71.2. The molecule has 1 aromatic heterocycles. The number of carboxylic acids is 1. The number of aliphatic carboxylic acids is 1. The number of carbonyl (C=O) groups excluding carboxylic acids is 11. The highest BCUT2D eigenvalue weighted by molar-refractivity contribution is 7.98. The minimum Gasteiger partial charge on any atom is -0.480 e. The SMILES string of the molecule is CSCC[C@H](NC(=O)[C@H](CCCNC(=N)N)NC(=O)[C@H](Cc1c[nH]cn1)NC(=O)[C@H](Cc1ccccc1)NC(=O)[C@H](C)NC(=O)[C@@H](N)CC(C)C)C(=O)N1CCC[C@H]1C(=O)NCC(=O)NCC(=O)NCC(=O)N[C@@H](CO)C(=O)N[C@@H](CS)C(=O)O. The molecule has 11 amide bonds. The molecule has 1 aliphatic heterocycles. The first-order chi connectivity index (χ1) is 40.4. The Bertz CT molecular complexity index is 2600. The number of nitrogens with zero attached hydrogens (tertiary/aromatic N) is 2. The van der Waals surface area contributed by atoms with Crippen LogP contribution < -0.4 is 70.0 Å². The van der Waals surface area contributed by atoms with Crippen molar-refractivity contribution < 1.29 is 67.7 Å². The van der Waals surface area contributed by atoms with E-state index in [0.29, 0.717) is 29.9 Å². The molecule has 19 N–H and O–H groups in total. The molecule has 33 heteroatoms. The fourth-order valence-corrected chi connectivity index (χ4v) is 9.17. The molecule has 31 nitrogen and oxygen atoms in total. The predicted molar refractivity (Wildman–Crippen MR) is 314 cm³/mol. The van der Waals surface area contributed by atoms with Gasteiger partial charge in [-0.3, -0.25) is 58.1 Å². The normalized spacial score (nSPS) is 15.6. The standard InChI is InChI=1S/C52H81N17O14S2/c1-28(2)18-32(53)44(75)62-29(3)43(74)66-35(19-30-10-6-5-7-11-30)46(77)67-36(20-31-21-56-27-61-31)47(78)64-33(12-8-15-57-52(54)55)45(76)65-34(14-17-85-4)50(81)69-16-9-13-39(69)49(80)60-23-41(72)58-22-40(71)59-24-42(73)63-37(25-70)48(79)68-38(26-84)51(82)83/h5-7,10-11,21,27-29,32-39,70,84H,8-9,12-20,22-26,53H2,1-4H3,(H,56,61)(H,58,72)(H,59,71)(H,60,80)(H,62,75)(H,63,73)(H,64,78)(H,65,76)(H,66,74)(H,67,77)(H,68,79)(H,82,83)(H4,54,55,57)/t29-,32-,33-,34-,35-,36-,37-,38-,39-/m0/s1. The molecule has 2 aromatic rings. The zero-order valence-corrected chi connectivity index (χ0v) is 49.5. The number of nitrogens with one attached hydrogen (secondary N) is 13. The average molecular weight is 1230 g/mol. The van der Waals surface area contributed by atoms with Crippen LogP contribution in [0.15, 0.2) is 42.9 Å². The molecule has 1 aromatic carbocycles. The van der Waals surface area contributed by atoms with E-state index in [1.807, 2.05) is 13.8 Å². The molecule has 1 saturated heterocycles. The van der Waals surface area contributed by atoms with E-state index < -0.39 is 152 Å². The molecule has 1 aliphatic rings. The van der Waals surface area contributed by atoms with E-state index in [1.54, 1.807) is 36.6 Å². The minimum atomic E-state index is -1.55. The van der Waals surface area contributed by atoms with Gasteiger partial charge in [0.1, 0.15) is 48.3 Å². The molecular formula is C52H81N17O14S2. The van der Waals surface area contributed by atoms with Crippen molar-refractivity contribution in [1.82, 2.24) is 73.4 Å². The lowest BCUT2D eigenvalue weighted by atomic mass is 10.0. The zero-order valence-electron chi connectivity index (χ0n) is 47.8. The number of amides is 11. The number of carboxylic acid groups (broad SMARTS) is 1. The minimum absolute atomic E-state index is 0.0396. The number of aromatic nitrogens is 2. The lowest BCUT2D eigenvalue weighted by molar-refractivity contribution is -0.142. The third-order valence-electron chi connectivity index (χ3n) is 13.0. The molecule has 0 radical (unpaired) electrons. The number of aliphatic hydroxyl groups excluding tert-OH is 1. The van der Waals surface area contributed by atoms with Crippen molar-refractivity contribution in [1.29, 1.82) is 5.41 Å². The number of carbonyl (C=O) groups is 12. The molecule has 470 valence electrons. The van der Waals surface area contributed by atoms with Gasteiger partial charge in [0, 0.05) is 37.9 Å². The van der Waals surface area contributed by atoms with Crippen LogP contribution in [-0.2, 0) is 70.4 Å². The van der Waals surface area contributed by atoms with Gasteiger partial charge in [0.2, 0.25) is 65.0 Å². The Kier molecular flexibility index (Phi) is 31.3. The number of rotatable bonds is 37. The maximum Gasteiger partial charge on any atom is 0.327 e. The summed E-state index contributed by atoms with van der Waals surface area (Å²) < 4.78 is 0. The number of imidazole rings is 1. The third kappa shape index (κ3) is 25.8. The highest BCUT2D eigenvalue weighted by Crippen LogP contribution is 2.20. The van der Waals surface area contributed by atoms with E-state index in [2.05, 4.69) is 81.1 Å². The van der Waals surface area contributed by atoms with Crippen LogP contribution >= 0.6 is 24.4 Å². The molecule has 0 spiro atoms. The number of hydrogen-bond acceptors (Lipinski definition) is 18. The van der Waals surface area contributed by atoms with Gasteiger partial charge < -0.3 is 90.0 Å². The van der Waals surface area contributed by atoms with Crippen LogP contribution in [0.3, 0.4) is 0 Å². The number of aliphatic hydroxyl groups is 1. The highest BCUT2D eigenvalue weighted by atomic mass is 32.2. The van der Waals surface area contributed by atoms with Gasteiger partial charge >= 0.3 is 5.97 Å². The fraction of sp³-hybridized carbons (Fsp3) is 0.577. The van der Waals surface area contributed by atoms with Crippen molar-refractivity contribution in [3.63, 3.8) is 0 Å². The van der Waals surface area contributed by atoms with Crippen LogP contribution in [0.25, 0.3) is 0 Å². The Morgan fingerprint density at radius 1 is 0.729 bits per heavy atom. The quantitative estimate of drug-likeness (QED) is 0.0130. The Labute approximate surface area is 501 Å². The smallest absolute Gasteiger partial charge is 0.327 e. The summed E-state index contributed by atoms with van der Waals surface area (Å²) in [4.78, 5) is 167. The summed E-state index contributed by atoms with van der Waals surface area (Å²) in [7, 11) is 0. The second-order valence-corrected chi connectivity index (χ2v) is 21.6.